The molecule has 0 radical (unpaired) electrons. The number of nitrogens with two attached hydrogens (primary N) is 1. The van der Waals surface area contributed by atoms with Gasteiger partial charge in [-0.1, -0.05) is 43.2 Å². The van der Waals surface area contributed by atoms with E-state index in [9.17, 15) is 9.59 Å². The predicted molar refractivity (Wildman–Crippen MR) is 83.1 cm³/mol. The zero-order chi connectivity index (χ0) is 14.5. The van der Waals surface area contributed by atoms with Crippen LogP contribution in [-0.4, -0.2) is 51.2 Å². The monoisotopic (exact) mass is 316 g/mol. The van der Waals surface area contributed by atoms with Gasteiger partial charge in [0.25, 0.3) is 0 Å². The molecule has 0 unspecified atom stereocenters. The van der Waals surface area contributed by atoms with Crippen LogP contribution in [0.25, 0.3) is 0 Å². The molecule has 8 heteroatoms. The molecule has 112 valence electrons. The fraction of sp³-hybridized carbons (Fsp3) is 0.750. The molecule has 2 aliphatic rings. The highest BCUT2D eigenvalue weighted by molar-refractivity contribution is 8.22. The average molecular weight is 316 g/mol. The summed E-state index contributed by atoms with van der Waals surface area (Å²) in [6, 6.07) is -0.315. The summed E-state index contributed by atoms with van der Waals surface area (Å²) in [5.74, 6) is 0.309. The first kappa shape index (κ1) is 15.5. The number of thiocarbonyl (C=S) groups is 1. The number of primary amides is 1. The first-order valence-corrected chi connectivity index (χ1v) is 8.20. The number of nitrogens with one attached hydrogen (secondary N) is 1. The van der Waals surface area contributed by atoms with Gasteiger partial charge in [0.1, 0.15) is 4.32 Å². The van der Waals surface area contributed by atoms with Gasteiger partial charge in [-0.15, -0.1) is 0 Å². The average Bonchev–Trinajstić information content (AvgIpc) is 2.41. The number of amides is 3. The third kappa shape index (κ3) is 4.32. The zero-order valence-electron chi connectivity index (χ0n) is 11.3. The van der Waals surface area contributed by atoms with Crippen molar-refractivity contribution in [3.63, 3.8) is 0 Å². The van der Waals surface area contributed by atoms with Gasteiger partial charge in [0.2, 0.25) is 5.91 Å². The Labute approximate surface area is 128 Å². The first-order valence-electron chi connectivity index (χ1n) is 6.81. The maximum atomic E-state index is 11.6. The van der Waals surface area contributed by atoms with Gasteiger partial charge < -0.3 is 10.6 Å². The van der Waals surface area contributed by atoms with Crippen LogP contribution in [-0.2, 0) is 4.79 Å². The molecule has 3 amide bonds. The molecule has 6 nitrogen and oxygen atoms in total. The Morgan fingerprint density at radius 1 is 1.35 bits per heavy atom. The van der Waals surface area contributed by atoms with Crippen LogP contribution in [0.3, 0.4) is 0 Å². The summed E-state index contributed by atoms with van der Waals surface area (Å²) >= 11 is 7.01. The lowest BCUT2D eigenvalue weighted by molar-refractivity contribution is -0.121. The SMILES string of the molecule is NC(=O)NC(=O)CN1CSC(=S)N(C2CCCCC2)C1. The number of urea groups is 1. The molecular weight excluding hydrogens is 296 g/mol. The fourth-order valence-corrected chi connectivity index (χ4v) is 3.88. The largest absolute Gasteiger partial charge is 0.351 e. The van der Waals surface area contributed by atoms with E-state index in [2.05, 4.69) is 10.2 Å². The number of nitrogens with zero attached hydrogens (tertiary/aromatic N) is 2. The van der Waals surface area contributed by atoms with Crippen LogP contribution in [0.15, 0.2) is 0 Å². The maximum absolute atomic E-state index is 11.6. The number of hydrogen-bond donors (Lipinski definition) is 2. The highest BCUT2D eigenvalue weighted by Crippen LogP contribution is 2.28. The minimum atomic E-state index is -0.806. The van der Waals surface area contributed by atoms with Crippen molar-refractivity contribution in [3.8, 4) is 0 Å². The van der Waals surface area contributed by atoms with E-state index in [0.717, 1.165) is 4.32 Å². The van der Waals surface area contributed by atoms with Crippen molar-refractivity contribution in [2.45, 2.75) is 38.1 Å². The molecule has 3 N–H and O–H groups in total. The summed E-state index contributed by atoms with van der Waals surface area (Å²) in [6.07, 6.45) is 6.13. The van der Waals surface area contributed by atoms with Crippen LogP contribution in [0, 0.1) is 0 Å². The zero-order valence-corrected chi connectivity index (χ0v) is 13.0. The lowest BCUT2D eigenvalue weighted by Gasteiger charge is -2.42. The maximum Gasteiger partial charge on any atom is 0.318 e. The Balaban J connectivity index is 1.88. The van der Waals surface area contributed by atoms with Gasteiger partial charge in [-0.2, -0.15) is 0 Å². The number of carbonyl (C=O) groups excluding carboxylic acids is 2. The molecule has 0 atom stereocenters. The van der Waals surface area contributed by atoms with Gasteiger partial charge in [-0.05, 0) is 12.8 Å². The summed E-state index contributed by atoms with van der Waals surface area (Å²) in [6.45, 7) is 0.824. The van der Waals surface area contributed by atoms with Gasteiger partial charge in [0.05, 0.1) is 19.1 Å². The van der Waals surface area contributed by atoms with Crippen molar-refractivity contribution in [1.82, 2.24) is 15.1 Å². The van der Waals surface area contributed by atoms with Gasteiger partial charge in [-0.3, -0.25) is 15.0 Å². The third-order valence-electron chi connectivity index (χ3n) is 3.60. The minimum Gasteiger partial charge on any atom is -0.351 e. The van der Waals surface area contributed by atoms with E-state index in [0.29, 0.717) is 18.6 Å². The van der Waals surface area contributed by atoms with Crippen molar-refractivity contribution in [2.75, 3.05) is 19.1 Å². The second-order valence-corrected chi connectivity index (χ2v) is 6.76. The molecule has 1 saturated heterocycles. The number of carbonyl (C=O) groups is 2. The lowest BCUT2D eigenvalue weighted by Crippen LogP contribution is -2.52. The Morgan fingerprint density at radius 2 is 2.05 bits per heavy atom. The molecule has 20 heavy (non-hydrogen) atoms. The Morgan fingerprint density at radius 3 is 2.70 bits per heavy atom. The van der Waals surface area contributed by atoms with E-state index >= 15 is 0 Å². The highest BCUT2D eigenvalue weighted by Gasteiger charge is 2.29. The van der Waals surface area contributed by atoms with Crippen molar-refractivity contribution in [1.29, 1.82) is 0 Å². The molecule has 0 aromatic heterocycles. The van der Waals surface area contributed by atoms with E-state index < -0.39 is 6.03 Å². The van der Waals surface area contributed by atoms with E-state index in [1.807, 2.05) is 4.90 Å². The highest BCUT2D eigenvalue weighted by atomic mass is 32.2. The summed E-state index contributed by atoms with van der Waals surface area (Å²) in [5.41, 5.74) is 4.94. The Bertz CT molecular complexity index is 399. The fourth-order valence-electron chi connectivity index (χ4n) is 2.68. The van der Waals surface area contributed by atoms with Crippen LogP contribution in [0.1, 0.15) is 32.1 Å². The van der Waals surface area contributed by atoms with Crippen molar-refractivity contribution in [2.24, 2.45) is 5.73 Å². The summed E-state index contributed by atoms with van der Waals surface area (Å²) in [5, 5.41) is 2.09. The molecule has 0 aromatic carbocycles. The topological polar surface area (TPSA) is 78.7 Å². The predicted octanol–water partition coefficient (Wildman–Crippen LogP) is 1.06. The van der Waals surface area contributed by atoms with E-state index in [1.165, 1.54) is 32.1 Å². The number of thioether (sulfide) groups is 1. The second-order valence-electron chi connectivity index (χ2n) is 5.18. The molecule has 0 aromatic rings. The summed E-state index contributed by atoms with van der Waals surface area (Å²) in [7, 11) is 0. The van der Waals surface area contributed by atoms with Crippen molar-refractivity contribution in [3.05, 3.63) is 0 Å². The van der Waals surface area contributed by atoms with Crippen LogP contribution in [0.2, 0.25) is 0 Å². The van der Waals surface area contributed by atoms with Crippen molar-refractivity contribution < 1.29 is 9.59 Å². The van der Waals surface area contributed by atoms with Crippen LogP contribution in [0.4, 0.5) is 4.79 Å². The quantitative estimate of drug-likeness (QED) is 0.758. The number of imide groups is 1. The molecule has 1 aliphatic heterocycles. The molecule has 1 aliphatic carbocycles. The molecule has 1 heterocycles. The van der Waals surface area contributed by atoms with Gasteiger partial charge in [0.15, 0.2) is 0 Å². The van der Waals surface area contributed by atoms with E-state index in [-0.39, 0.29) is 12.5 Å². The summed E-state index contributed by atoms with van der Waals surface area (Å²) in [4.78, 5) is 26.4. The van der Waals surface area contributed by atoms with Gasteiger partial charge in [-0.25, -0.2) is 4.79 Å². The Kier molecular flexibility index (Phi) is 5.62. The summed E-state index contributed by atoms with van der Waals surface area (Å²) < 4.78 is 0.920. The van der Waals surface area contributed by atoms with Crippen LogP contribution < -0.4 is 11.1 Å². The molecule has 0 spiro atoms. The van der Waals surface area contributed by atoms with Crippen molar-refractivity contribution >= 4 is 40.2 Å². The van der Waals surface area contributed by atoms with Crippen LogP contribution >= 0.6 is 24.0 Å². The molecule has 2 rings (SSSR count). The molecule has 1 saturated carbocycles. The minimum absolute atomic E-state index is 0.168. The lowest BCUT2D eigenvalue weighted by atomic mass is 9.95. The molecule has 2 fully saturated rings. The van der Waals surface area contributed by atoms with E-state index in [4.69, 9.17) is 18.0 Å². The first-order chi connectivity index (χ1) is 9.56. The molecule has 0 bridgehead atoms. The molecular formula is C12H20N4O2S2. The standard InChI is InChI=1S/C12H20N4O2S2/c13-11(18)14-10(17)6-15-7-16(12(19)20-8-15)9-4-2-1-3-5-9/h9H,1-8H2,(H3,13,14,17,18). The van der Waals surface area contributed by atoms with Gasteiger partial charge >= 0.3 is 6.03 Å². The smallest absolute Gasteiger partial charge is 0.318 e. The number of rotatable bonds is 3. The number of hydrogen-bond acceptors (Lipinski definition) is 5. The van der Waals surface area contributed by atoms with Crippen LogP contribution in [0.5, 0.6) is 0 Å². The normalized spacial score (nSPS) is 21.8. The second kappa shape index (κ2) is 7.24. The van der Waals surface area contributed by atoms with Gasteiger partial charge in [0, 0.05) is 6.04 Å². The Hall–Kier alpha value is -0.860. The van der Waals surface area contributed by atoms with E-state index in [1.54, 1.807) is 11.8 Å². The third-order valence-corrected chi connectivity index (χ3v) is 5.17.